The summed E-state index contributed by atoms with van der Waals surface area (Å²) in [6, 6.07) is 1.96. The quantitative estimate of drug-likeness (QED) is 0.446. The molecule has 0 heterocycles. The Balaban J connectivity index is 0. The van der Waals surface area contributed by atoms with Gasteiger partial charge in [0.2, 0.25) is 0 Å². The molecular formula is C11H15NO4. The molecule has 16 heavy (non-hydrogen) atoms. The first-order valence-electron chi connectivity index (χ1n) is 4.46. The van der Waals surface area contributed by atoms with Crippen LogP contribution in [0.25, 0.3) is 0 Å². The van der Waals surface area contributed by atoms with Crippen molar-refractivity contribution in [2.75, 3.05) is 7.11 Å². The van der Waals surface area contributed by atoms with Crippen molar-refractivity contribution < 1.29 is 19.4 Å². The van der Waals surface area contributed by atoms with E-state index in [4.69, 9.17) is 10.4 Å². The number of nitriles is 1. The lowest BCUT2D eigenvalue weighted by Gasteiger charge is -1.87. The summed E-state index contributed by atoms with van der Waals surface area (Å²) in [5.74, 6) is -1.31. The van der Waals surface area contributed by atoms with E-state index in [1.165, 1.54) is 20.1 Å². The Morgan fingerprint density at radius 3 is 2.38 bits per heavy atom. The molecule has 0 bridgehead atoms. The summed E-state index contributed by atoms with van der Waals surface area (Å²) in [4.78, 5) is 20.0. The highest BCUT2D eigenvalue weighted by molar-refractivity contribution is 5.84. The first kappa shape index (κ1) is 16.3. The van der Waals surface area contributed by atoms with E-state index in [0.29, 0.717) is 12.8 Å². The van der Waals surface area contributed by atoms with Crippen LogP contribution in [-0.2, 0) is 14.3 Å². The van der Waals surface area contributed by atoms with Gasteiger partial charge in [0.05, 0.1) is 13.2 Å². The van der Waals surface area contributed by atoms with Crippen molar-refractivity contribution in [2.24, 2.45) is 0 Å². The molecule has 0 amide bonds. The van der Waals surface area contributed by atoms with Crippen molar-refractivity contribution in [3.05, 3.63) is 24.3 Å². The van der Waals surface area contributed by atoms with Gasteiger partial charge in [-0.25, -0.2) is 9.59 Å². The zero-order valence-corrected chi connectivity index (χ0v) is 9.40. The summed E-state index contributed by atoms with van der Waals surface area (Å²) in [6.45, 7) is 4.60. The number of methoxy groups -OCH3 is 1. The monoisotopic (exact) mass is 225 g/mol. The zero-order chi connectivity index (χ0) is 13.0. The Bertz CT molecular complexity index is 300. The van der Waals surface area contributed by atoms with Crippen molar-refractivity contribution in [3.63, 3.8) is 0 Å². The number of rotatable bonds is 4. The second-order valence-electron chi connectivity index (χ2n) is 2.71. The second-order valence-corrected chi connectivity index (χ2v) is 2.71. The summed E-state index contributed by atoms with van der Waals surface area (Å²) in [5.41, 5.74) is 0.176. The molecule has 0 atom stereocenters. The Hall–Kier alpha value is -2.09. The number of ether oxygens (including phenoxy) is 1. The smallest absolute Gasteiger partial charge is 0.330 e. The average molecular weight is 225 g/mol. The molecule has 5 heteroatoms. The van der Waals surface area contributed by atoms with E-state index in [1.807, 2.05) is 6.07 Å². The lowest BCUT2D eigenvalue weighted by Crippen LogP contribution is -1.93. The Morgan fingerprint density at radius 1 is 1.56 bits per heavy atom. The van der Waals surface area contributed by atoms with E-state index in [2.05, 4.69) is 11.3 Å². The van der Waals surface area contributed by atoms with Gasteiger partial charge in [0.15, 0.2) is 0 Å². The summed E-state index contributed by atoms with van der Waals surface area (Å²) >= 11 is 0. The zero-order valence-electron chi connectivity index (χ0n) is 9.40. The summed E-state index contributed by atoms with van der Waals surface area (Å²) in [7, 11) is 1.32. The largest absolute Gasteiger partial charge is 0.478 e. The standard InChI is InChI=1S/C7H9NO2.C4H6O2/c1-10-7(9)5-3-2-4-6-8;1-3(2)4(5)6/h3,5H,2,4H2,1H3;1H2,2H3,(H,5,6). The fraction of sp³-hybridized carbons (Fsp3) is 0.364. The fourth-order valence-corrected chi connectivity index (χ4v) is 0.395. The molecule has 0 unspecified atom stereocenters. The molecule has 0 radical (unpaired) electrons. The van der Waals surface area contributed by atoms with Gasteiger partial charge in [0.1, 0.15) is 0 Å². The average Bonchev–Trinajstić information content (AvgIpc) is 2.24. The van der Waals surface area contributed by atoms with Crippen LogP contribution >= 0.6 is 0 Å². The van der Waals surface area contributed by atoms with Crippen LogP contribution in [0.5, 0.6) is 0 Å². The molecule has 0 spiro atoms. The van der Waals surface area contributed by atoms with Gasteiger partial charge >= 0.3 is 11.9 Å². The van der Waals surface area contributed by atoms with E-state index < -0.39 is 5.97 Å². The van der Waals surface area contributed by atoms with E-state index in [-0.39, 0.29) is 11.5 Å². The third-order valence-corrected chi connectivity index (χ3v) is 1.24. The van der Waals surface area contributed by atoms with Crippen LogP contribution < -0.4 is 0 Å². The van der Waals surface area contributed by atoms with Crippen LogP contribution in [0.15, 0.2) is 24.3 Å². The minimum Gasteiger partial charge on any atom is -0.478 e. The molecule has 5 nitrogen and oxygen atoms in total. The molecule has 0 saturated heterocycles. The SMILES string of the molecule is C=C(C)C(=O)O.COC(=O)C=CCCC#N. The first-order chi connectivity index (χ1) is 7.45. The second kappa shape index (κ2) is 11.0. The number of carboxylic acids is 1. The molecule has 1 N–H and O–H groups in total. The molecule has 88 valence electrons. The van der Waals surface area contributed by atoms with Gasteiger partial charge in [-0.15, -0.1) is 0 Å². The van der Waals surface area contributed by atoms with Crippen LogP contribution in [0, 0.1) is 11.3 Å². The van der Waals surface area contributed by atoms with Crippen LogP contribution in [0.2, 0.25) is 0 Å². The normalized spacial score (nSPS) is 8.56. The van der Waals surface area contributed by atoms with Gasteiger partial charge in [0, 0.05) is 18.1 Å². The number of hydrogen-bond acceptors (Lipinski definition) is 4. The maximum Gasteiger partial charge on any atom is 0.330 e. The predicted octanol–water partition coefficient (Wildman–Crippen LogP) is 1.67. The number of unbranched alkanes of at least 4 members (excludes halogenated alkanes) is 1. The third kappa shape index (κ3) is 14.4. The summed E-state index contributed by atoms with van der Waals surface area (Å²) in [5, 5.41) is 16.0. The maximum absolute atomic E-state index is 10.4. The molecule has 0 aromatic heterocycles. The molecule has 0 aliphatic heterocycles. The van der Waals surface area contributed by atoms with Gasteiger partial charge in [-0.05, 0) is 13.3 Å². The van der Waals surface area contributed by atoms with Crippen molar-refractivity contribution in [1.82, 2.24) is 0 Å². The van der Waals surface area contributed by atoms with Gasteiger partial charge < -0.3 is 9.84 Å². The number of carboxylic acid groups (broad SMARTS) is 1. The van der Waals surface area contributed by atoms with Crippen LogP contribution in [-0.4, -0.2) is 24.2 Å². The molecule has 0 rings (SSSR count). The van der Waals surface area contributed by atoms with Gasteiger partial charge in [-0.3, -0.25) is 0 Å². The number of esters is 1. The maximum atomic E-state index is 10.4. The molecule has 0 aromatic rings. The number of hydrogen-bond donors (Lipinski definition) is 1. The summed E-state index contributed by atoms with van der Waals surface area (Å²) < 4.78 is 4.32. The van der Waals surface area contributed by atoms with Crippen LogP contribution in [0.1, 0.15) is 19.8 Å². The van der Waals surface area contributed by atoms with Crippen molar-refractivity contribution >= 4 is 11.9 Å². The topological polar surface area (TPSA) is 87.4 Å². The van der Waals surface area contributed by atoms with Crippen molar-refractivity contribution in [2.45, 2.75) is 19.8 Å². The fourth-order valence-electron chi connectivity index (χ4n) is 0.395. The van der Waals surface area contributed by atoms with Crippen molar-refractivity contribution in [3.8, 4) is 6.07 Å². The summed E-state index contributed by atoms with van der Waals surface area (Å²) in [6.07, 6.45) is 3.98. The van der Waals surface area contributed by atoms with E-state index in [1.54, 1.807) is 6.08 Å². The molecule has 0 aliphatic rings. The Labute approximate surface area is 94.6 Å². The highest BCUT2D eigenvalue weighted by Gasteiger charge is 1.90. The third-order valence-electron chi connectivity index (χ3n) is 1.24. The minimum absolute atomic E-state index is 0.176. The molecular weight excluding hydrogens is 210 g/mol. The number of allylic oxidation sites excluding steroid dienone is 1. The highest BCUT2D eigenvalue weighted by atomic mass is 16.5. The minimum atomic E-state index is -0.935. The molecule has 0 saturated carbocycles. The number of nitrogens with zero attached hydrogens (tertiary/aromatic N) is 1. The predicted molar refractivity (Wildman–Crippen MR) is 58.5 cm³/mol. The first-order valence-corrected chi connectivity index (χ1v) is 4.46. The Kier molecular flexibility index (Phi) is 11.2. The van der Waals surface area contributed by atoms with Crippen LogP contribution in [0.3, 0.4) is 0 Å². The molecule has 0 aromatic carbocycles. The molecule has 0 aliphatic carbocycles. The van der Waals surface area contributed by atoms with E-state index >= 15 is 0 Å². The van der Waals surface area contributed by atoms with Gasteiger partial charge in [0.25, 0.3) is 0 Å². The number of carbonyl (C=O) groups excluding carboxylic acids is 1. The lowest BCUT2D eigenvalue weighted by atomic mass is 10.3. The van der Waals surface area contributed by atoms with Gasteiger partial charge in [-0.2, -0.15) is 5.26 Å². The Morgan fingerprint density at radius 2 is 2.06 bits per heavy atom. The van der Waals surface area contributed by atoms with Gasteiger partial charge in [-0.1, -0.05) is 12.7 Å². The lowest BCUT2D eigenvalue weighted by molar-refractivity contribution is -0.135. The number of carbonyl (C=O) groups is 2. The van der Waals surface area contributed by atoms with Crippen LogP contribution in [0.4, 0.5) is 0 Å². The highest BCUT2D eigenvalue weighted by Crippen LogP contribution is 1.88. The van der Waals surface area contributed by atoms with Crippen molar-refractivity contribution in [1.29, 1.82) is 5.26 Å². The molecule has 0 fully saturated rings. The number of aliphatic carboxylic acids is 1. The van der Waals surface area contributed by atoms with E-state index in [0.717, 1.165) is 0 Å². The van der Waals surface area contributed by atoms with E-state index in [9.17, 15) is 9.59 Å².